The highest BCUT2D eigenvalue weighted by Crippen LogP contribution is 2.25. The van der Waals surface area contributed by atoms with Crippen molar-refractivity contribution in [1.29, 1.82) is 0 Å². The maximum absolute atomic E-state index is 12.4. The average molecular weight is 339 g/mol. The van der Waals surface area contributed by atoms with E-state index in [1.165, 1.54) is 10.9 Å². The minimum Gasteiger partial charge on any atom is -0.491 e. The van der Waals surface area contributed by atoms with Crippen molar-refractivity contribution in [2.24, 2.45) is 0 Å². The highest BCUT2D eigenvalue weighted by atomic mass is 16.5. The highest BCUT2D eigenvalue weighted by molar-refractivity contribution is 5.72. The maximum atomic E-state index is 12.4. The number of nitrogens with zero attached hydrogens (tertiary/aromatic N) is 3. The van der Waals surface area contributed by atoms with E-state index in [4.69, 9.17) is 4.74 Å². The Bertz CT molecular complexity index is 921. The Morgan fingerprint density at radius 1 is 1.16 bits per heavy atom. The molecule has 0 fully saturated rings. The van der Waals surface area contributed by atoms with Crippen LogP contribution in [0.15, 0.2) is 53.7 Å². The van der Waals surface area contributed by atoms with Crippen LogP contribution in [0.25, 0.3) is 11.0 Å². The molecule has 0 radical (unpaired) electrons. The quantitative estimate of drug-likeness (QED) is 0.746. The summed E-state index contributed by atoms with van der Waals surface area (Å²) in [6, 6.07) is 11.1. The third-order valence-electron chi connectivity index (χ3n) is 3.98. The Morgan fingerprint density at radius 3 is 2.76 bits per heavy atom. The fraction of sp³-hybridized carbons (Fsp3) is 0.316. The summed E-state index contributed by atoms with van der Waals surface area (Å²) >= 11 is 0. The average Bonchev–Trinajstić information content (AvgIpc) is 2.63. The number of ether oxygens (including phenoxy) is 1. The largest absolute Gasteiger partial charge is 0.491 e. The summed E-state index contributed by atoms with van der Waals surface area (Å²) in [5.41, 5.74) is 1.27. The summed E-state index contributed by atoms with van der Waals surface area (Å²) in [6.45, 7) is 4.39. The molecule has 0 amide bonds. The van der Waals surface area contributed by atoms with Crippen molar-refractivity contribution in [1.82, 2.24) is 14.5 Å². The topological polar surface area (TPSA) is 77.2 Å². The zero-order chi connectivity index (χ0) is 17.8. The molecule has 2 aromatic heterocycles. The van der Waals surface area contributed by atoms with Crippen LogP contribution in [0.4, 0.5) is 0 Å². The van der Waals surface area contributed by atoms with Crippen molar-refractivity contribution >= 4 is 11.0 Å². The third kappa shape index (κ3) is 3.85. The van der Waals surface area contributed by atoms with Gasteiger partial charge in [-0.05, 0) is 29.7 Å². The molecule has 130 valence electrons. The first kappa shape index (κ1) is 17.1. The molecular weight excluding hydrogens is 318 g/mol. The summed E-state index contributed by atoms with van der Waals surface area (Å²) in [6.07, 6.45) is 2.17. The van der Waals surface area contributed by atoms with Crippen LogP contribution < -0.4 is 10.3 Å². The monoisotopic (exact) mass is 339 g/mol. The molecule has 1 aromatic carbocycles. The molecule has 1 atom stereocenters. The van der Waals surface area contributed by atoms with Gasteiger partial charge in [-0.15, -0.1) is 0 Å². The van der Waals surface area contributed by atoms with Crippen LogP contribution >= 0.6 is 0 Å². The second-order valence-electron chi connectivity index (χ2n) is 6.23. The van der Waals surface area contributed by atoms with Crippen molar-refractivity contribution in [3.63, 3.8) is 0 Å². The van der Waals surface area contributed by atoms with E-state index in [1.54, 1.807) is 18.3 Å². The zero-order valence-corrected chi connectivity index (χ0v) is 14.3. The molecule has 25 heavy (non-hydrogen) atoms. The molecule has 2 heterocycles. The van der Waals surface area contributed by atoms with Gasteiger partial charge in [0.1, 0.15) is 24.8 Å². The number of aliphatic hydroxyl groups excluding tert-OH is 1. The Labute approximate surface area is 145 Å². The predicted octanol–water partition coefficient (Wildman–Crippen LogP) is 2.35. The second-order valence-corrected chi connectivity index (χ2v) is 6.23. The predicted molar refractivity (Wildman–Crippen MR) is 95.8 cm³/mol. The third-order valence-corrected chi connectivity index (χ3v) is 3.98. The SMILES string of the molecule is CC(C)c1ccccc1OC[C@@H](O)Cn1cnc2ncccc2c1=O. The van der Waals surface area contributed by atoms with E-state index < -0.39 is 6.10 Å². The van der Waals surface area contributed by atoms with Crippen LogP contribution in [0.1, 0.15) is 25.3 Å². The summed E-state index contributed by atoms with van der Waals surface area (Å²) in [5.74, 6) is 1.08. The van der Waals surface area contributed by atoms with Gasteiger partial charge in [0.15, 0.2) is 5.65 Å². The van der Waals surface area contributed by atoms with Crippen LogP contribution in [-0.4, -0.2) is 32.4 Å². The number of benzene rings is 1. The summed E-state index contributed by atoms with van der Waals surface area (Å²) in [4.78, 5) is 20.6. The molecule has 0 aliphatic heterocycles. The van der Waals surface area contributed by atoms with Crippen molar-refractivity contribution < 1.29 is 9.84 Å². The maximum Gasteiger partial charge on any atom is 0.262 e. The Morgan fingerprint density at radius 2 is 1.96 bits per heavy atom. The van der Waals surface area contributed by atoms with Crippen molar-refractivity contribution in [3.8, 4) is 5.75 Å². The fourth-order valence-electron chi connectivity index (χ4n) is 2.68. The van der Waals surface area contributed by atoms with E-state index >= 15 is 0 Å². The molecule has 1 N–H and O–H groups in total. The molecule has 0 unspecified atom stereocenters. The Hall–Kier alpha value is -2.73. The lowest BCUT2D eigenvalue weighted by molar-refractivity contribution is 0.0909. The van der Waals surface area contributed by atoms with Gasteiger partial charge in [0.25, 0.3) is 5.56 Å². The lowest BCUT2D eigenvalue weighted by Crippen LogP contribution is -2.30. The molecule has 3 rings (SSSR count). The highest BCUT2D eigenvalue weighted by Gasteiger charge is 2.12. The first-order chi connectivity index (χ1) is 12.1. The van der Waals surface area contributed by atoms with Crippen LogP contribution in [0, 0.1) is 0 Å². The number of rotatable bonds is 6. The van der Waals surface area contributed by atoms with Crippen LogP contribution in [0.5, 0.6) is 5.75 Å². The van der Waals surface area contributed by atoms with E-state index in [2.05, 4.69) is 23.8 Å². The molecule has 0 aliphatic carbocycles. The van der Waals surface area contributed by atoms with Crippen LogP contribution in [0.3, 0.4) is 0 Å². The number of hydrogen-bond donors (Lipinski definition) is 1. The molecular formula is C19H21N3O3. The normalized spacial score (nSPS) is 12.5. The lowest BCUT2D eigenvalue weighted by Gasteiger charge is -2.17. The van der Waals surface area contributed by atoms with Gasteiger partial charge < -0.3 is 9.84 Å². The standard InChI is InChI=1S/C19H21N3O3/c1-13(2)15-6-3-4-8-17(15)25-11-14(23)10-22-12-21-18-16(19(22)24)7-5-9-20-18/h3-9,12-14,23H,10-11H2,1-2H3/t14-/m0/s1. The first-order valence-electron chi connectivity index (χ1n) is 8.26. The molecule has 6 nitrogen and oxygen atoms in total. The van der Waals surface area contributed by atoms with E-state index in [0.29, 0.717) is 17.0 Å². The summed E-state index contributed by atoms with van der Waals surface area (Å²) in [5, 5.41) is 10.7. The lowest BCUT2D eigenvalue weighted by atomic mass is 10.0. The molecule has 6 heteroatoms. The number of aliphatic hydroxyl groups is 1. The summed E-state index contributed by atoms with van der Waals surface area (Å²) in [7, 11) is 0. The van der Waals surface area contributed by atoms with Crippen molar-refractivity contribution in [2.45, 2.75) is 32.4 Å². The Kier molecular flexibility index (Phi) is 5.09. The first-order valence-corrected chi connectivity index (χ1v) is 8.26. The molecule has 0 aliphatic rings. The molecule has 3 aromatic rings. The summed E-state index contributed by atoms with van der Waals surface area (Å²) < 4.78 is 7.14. The number of hydrogen-bond acceptors (Lipinski definition) is 5. The van der Waals surface area contributed by atoms with Gasteiger partial charge in [-0.25, -0.2) is 9.97 Å². The second kappa shape index (κ2) is 7.44. The minimum absolute atomic E-state index is 0.0985. The van der Waals surface area contributed by atoms with Gasteiger partial charge in [-0.2, -0.15) is 0 Å². The van der Waals surface area contributed by atoms with Gasteiger partial charge in [0.2, 0.25) is 0 Å². The van der Waals surface area contributed by atoms with Crippen molar-refractivity contribution in [3.05, 3.63) is 64.8 Å². The fourth-order valence-corrected chi connectivity index (χ4v) is 2.68. The van der Waals surface area contributed by atoms with E-state index in [-0.39, 0.29) is 18.7 Å². The number of fused-ring (bicyclic) bond motifs is 1. The van der Waals surface area contributed by atoms with Gasteiger partial charge in [-0.1, -0.05) is 32.0 Å². The van der Waals surface area contributed by atoms with Gasteiger partial charge in [-0.3, -0.25) is 9.36 Å². The zero-order valence-electron chi connectivity index (χ0n) is 14.3. The van der Waals surface area contributed by atoms with Gasteiger partial charge in [0.05, 0.1) is 11.9 Å². The molecule has 0 saturated heterocycles. The van der Waals surface area contributed by atoms with Gasteiger partial charge >= 0.3 is 0 Å². The Balaban J connectivity index is 1.70. The van der Waals surface area contributed by atoms with E-state index in [0.717, 1.165) is 11.3 Å². The van der Waals surface area contributed by atoms with Crippen LogP contribution in [-0.2, 0) is 6.54 Å². The van der Waals surface area contributed by atoms with Gasteiger partial charge in [0, 0.05) is 6.20 Å². The molecule has 0 saturated carbocycles. The minimum atomic E-state index is -0.825. The molecule has 0 bridgehead atoms. The number of aromatic nitrogens is 3. The van der Waals surface area contributed by atoms with E-state index in [9.17, 15) is 9.90 Å². The molecule has 0 spiro atoms. The number of pyridine rings is 1. The smallest absolute Gasteiger partial charge is 0.262 e. The van der Waals surface area contributed by atoms with Crippen molar-refractivity contribution in [2.75, 3.05) is 6.61 Å². The number of para-hydroxylation sites is 1. The van der Waals surface area contributed by atoms with E-state index in [1.807, 2.05) is 24.3 Å². The van der Waals surface area contributed by atoms with Crippen LogP contribution in [0.2, 0.25) is 0 Å².